The molecule has 3 aliphatic rings. The molecule has 4 rings (SSSR count). The number of benzene rings is 1. The molecule has 2 aliphatic heterocycles. The third-order valence-electron chi connectivity index (χ3n) is 5.80. The van der Waals surface area contributed by atoms with Crippen molar-refractivity contribution in [2.45, 2.75) is 45.7 Å². The molecular weight excluding hydrogens is 319 g/mol. The highest BCUT2D eigenvalue weighted by atomic mass is 19.1. The molecule has 0 amide bonds. The Morgan fingerprint density at radius 1 is 1.28 bits per heavy atom. The van der Waals surface area contributed by atoms with Crippen LogP contribution < -0.4 is 0 Å². The van der Waals surface area contributed by atoms with E-state index in [1.54, 1.807) is 0 Å². The number of hydrogen-bond donors (Lipinski definition) is 0. The van der Waals surface area contributed by atoms with Crippen molar-refractivity contribution in [3.8, 4) is 0 Å². The summed E-state index contributed by atoms with van der Waals surface area (Å²) >= 11 is 0. The van der Waals surface area contributed by atoms with Gasteiger partial charge in [-0.25, -0.2) is 9.18 Å². The second-order valence-corrected chi connectivity index (χ2v) is 7.54. The summed E-state index contributed by atoms with van der Waals surface area (Å²) < 4.78 is 19.0. The molecule has 1 saturated carbocycles. The lowest BCUT2D eigenvalue weighted by Crippen LogP contribution is -2.65. The Bertz CT molecular complexity index is 647. The normalized spacial score (nSPS) is 22.3. The minimum Gasteiger partial charge on any atom is -0.465 e. The van der Waals surface area contributed by atoms with E-state index < -0.39 is 5.97 Å². The maximum absolute atomic E-state index is 14.3. The molecule has 2 fully saturated rings. The number of nitrogens with zero attached hydrogens (tertiary/aromatic N) is 2. The molecule has 5 heteroatoms. The molecule has 1 aromatic carbocycles. The Kier molecular flexibility index (Phi) is 5.16. The van der Waals surface area contributed by atoms with Gasteiger partial charge in [0.1, 0.15) is 5.82 Å². The molecule has 0 radical (unpaired) electrons. The highest BCUT2D eigenvalue weighted by Gasteiger charge is 2.52. The molecule has 1 saturated heterocycles. The largest absolute Gasteiger partial charge is 0.465 e. The van der Waals surface area contributed by atoms with Gasteiger partial charge in [-0.05, 0) is 55.0 Å². The van der Waals surface area contributed by atoms with E-state index in [0.29, 0.717) is 17.0 Å². The number of carbonyl (C=O) groups excluding carboxylic acids is 1. The molecule has 0 atom stereocenters. The number of esters is 1. The van der Waals surface area contributed by atoms with Crippen molar-refractivity contribution >= 4 is 5.97 Å². The van der Waals surface area contributed by atoms with Crippen LogP contribution in [0.2, 0.25) is 0 Å². The maximum atomic E-state index is 14.3. The molecule has 0 bridgehead atoms. The van der Waals surface area contributed by atoms with Crippen molar-refractivity contribution in [2.75, 3.05) is 33.8 Å². The summed E-state index contributed by atoms with van der Waals surface area (Å²) in [6.07, 6.45) is 3.24. The SMILES string of the molecule is CC.COC(=O)c1cc(F)c2c(c1)CN(C1CC3(C1)CN(C)C3)CC2. The van der Waals surface area contributed by atoms with E-state index in [1.165, 1.54) is 39.1 Å². The Morgan fingerprint density at radius 3 is 2.56 bits per heavy atom. The number of hydrogen-bond acceptors (Lipinski definition) is 4. The number of likely N-dealkylation sites (tertiary alicyclic amines) is 1. The van der Waals surface area contributed by atoms with E-state index in [9.17, 15) is 9.18 Å². The lowest BCUT2D eigenvalue weighted by molar-refractivity contribution is -0.101. The number of carbonyl (C=O) groups is 1. The van der Waals surface area contributed by atoms with Crippen LogP contribution in [0, 0.1) is 11.2 Å². The predicted octanol–water partition coefficient (Wildman–Crippen LogP) is 3.09. The van der Waals surface area contributed by atoms with Crippen molar-refractivity contribution in [1.82, 2.24) is 9.80 Å². The summed E-state index contributed by atoms with van der Waals surface area (Å²) in [6.45, 7) is 8.09. The van der Waals surface area contributed by atoms with E-state index >= 15 is 0 Å². The average Bonchev–Trinajstić information content (AvgIpc) is 2.57. The van der Waals surface area contributed by atoms with E-state index in [-0.39, 0.29) is 5.82 Å². The Balaban J connectivity index is 0.000000880. The predicted molar refractivity (Wildman–Crippen MR) is 96.2 cm³/mol. The molecule has 4 nitrogen and oxygen atoms in total. The van der Waals surface area contributed by atoms with Gasteiger partial charge in [-0.2, -0.15) is 0 Å². The highest BCUT2D eigenvalue weighted by molar-refractivity contribution is 5.89. The quantitative estimate of drug-likeness (QED) is 0.769. The first-order chi connectivity index (χ1) is 12.0. The summed E-state index contributed by atoms with van der Waals surface area (Å²) in [7, 11) is 3.50. The van der Waals surface area contributed by atoms with Gasteiger partial charge in [0.15, 0.2) is 0 Å². The second-order valence-electron chi connectivity index (χ2n) is 7.54. The zero-order chi connectivity index (χ0) is 18.2. The topological polar surface area (TPSA) is 32.8 Å². The minimum atomic E-state index is -0.469. The fourth-order valence-corrected chi connectivity index (χ4v) is 4.77. The molecule has 0 unspecified atom stereocenters. The molecular formula is C20H29FN2O2. The van der Waals surface area contributed by atoms with Crippen molar-refractivity contribution in [2.24, 2.45) is 5.41 Å². The molecule has 25 heavy (non-hydrogen) atoms. The number of ether oxygens (including phenoxy) is 1. The number of fused-ring (bicyclic) bond motifs is 1. The smallest absolute Gasteiger partial charge is 0.337 e. The van der Waals surface area contributed by atoms with Gasteiger partial charge in [0.05, 0.1) is 12.7 Å². The van der Waals surface area contributed by atoms with Gasteiger partial charge >= 0.3 is 5.97 Å². The first-order valence-electron chi connectivity index (χ1n) is 9.32. The summed E-state index contributed by atoms with van der Waals surface area (Å²) in [5.41, 5.74) is 2.59. The summed E-state index contributed by atoms with van der Waals surface area (Å²) in [4.78, 5) is 16.5. The second kappa shape index (κ2) is 7.04. The molecule has 1 spiro atoms. The minimum absolute atomic E-state index is 0.270. The zero-order valence-corrected chi connectivity index (χ0v) is 15.8. The lowest BCUT2D eigenvalue weighted by atomic mass is 9.60. The molecule has 1 aliphatic carbocycles. The van der Waals surface area contributed by atoms with Crippen LogP contribution in [0.1, 0.15) is 48.2 Å². The Labute approximate surface area is 149 Å². The van der Waals surface area contributed by atoms with Gasteiger partial charge in [-0.15, -0.1) is 0 Å². The van der Waals surface area contributed by atoms with Crippen LogP contribution in [0.3, 0.4) is 0 Å². The summed E-state index contributed by atoms with van der Waals surface area (Å²) in [6, 6.07) is 3.73. The van der Waals surface area contributed by atoms with E-state index in [0.717, 1.165) is 30.6 Å². The van der Waals surface area contributed by atoms with Crippen molar-refractivity contribution < 1.29 is 13.9 Å². The monoisotopic (exact) mass is 348 g/mol. The summed E-state index contributed by atoms with van der Waals surface area (Å²) in [5.74, 6) is -0.739. The third-order valence-corrected chi connectivity index (χ3v) is 5.80. The van der Waals surface area contributed by atoms with Crippen molar-refractivity contribution in [3.05, 3.63) is 34.6 Å². The summed E-state index contributed by atoms with van der Waals surface area (Å²) in [5, 5.41) is 0. The van der Waals surface area contributed by atoms with Crippen LogP contribution in [0.15, 0.2) is 12.1 Å². The van der Waals surface area contributed by atoms with Crippen LogP contribution in [0.25, 0.3) is 0 Å². The fraction of sp³-hybridized carbons (Fsp3) is 0.650. The van der Waals surface area contributed by atoms with Gasteiger partial charge in [0.2, 0.25) is 0 Å². The van der Waals surface area contributed by atoms with E-state index in [1.807, 2.05) is 19.9 Å². The first-order valence-corrected chi connectivity index (χ1v) is 9.32. The van der Waals surface area contributed by atoms with Gasteiger partial charge < -0.3 is 9.64 Å². The van der Waals surface area contributed by atoms with E-state index in [2.05, 4.69) is 16.8 Å². The molecule has 0 aromatic heterocycles. The van der Waals surface area contributed by atoms with Gasteiger partial charge in [-0.3, -0.25) is 4.90 Å². The third kappa shape index (κ3) is 3.32. The van der Waals surface area contributed by atoms with Gasteiger partial charge in [0, 0.05) is 32.2 Å². The van der Waals surface area contributed by atoms with E-state index in [4.69, 9.17) is 4.74 Å². The molecule has 0 N–H and O–H groups in total. The van der Waals surface area contributed by atoms with Crippen LogP contribution in [-0.4, -0.2) is 55.6 Å². The molecule has 138 valence electrons. The fourth-order valence-electron chi connectivity index (χ4n) is 4.77. The Hall–Kier alpha value is -1.46. The van der Waals surface area contributed by atoms with Gasteiger partial charge in [-0.1, -0.05) is 13.8 Å². The Morgan fingerprint density at radius 2 is 1.96 bits per heavy atom. The van der Waals surface area contributed by atoms with Gasteiger partial charge in [0.25, 0.3) is 0 Å². The molecule has 2 heterocycles. The van der Waals surface area contributed by atoms with Crippen LogP contribution in [-0.2, 0) is 17.7 Å². The zero-order valence-electron chi connectivity index (χ0n) is 15.8. The van der Waals surface area contributed by atoms with Crippen LogP contribution in [0.5, 0.6) is 0 Å². The maximum Gasteiger partial charge on any atom is 0.337 e. The number of methoxy groups -OCH3 is 1. The average molecular weight is 348 g/mol. The first kappa shape index (κ1) is 18.3. The van der Waals surface area contributed by atoms with Crippen molar-refractivity contribution in [1.29, 1.82) is 0 Å². The number of rotatable bonds is 2. The molecule has 1 aromatic rings. The van der Waals surface area contributed by atoms with Crippen LogP contribution in [0.4, 0.5) is 4.39 Å². The highest BCUT2D eigenvalue weighted by Crippen LogP contribution is 2.50. The van der Waals surface area contributed by atoms with Crippen molar-refractivity contribution in [3.63, 3.8) is 0 Å². The van der Waals surface area contributed by atoms with Crippen LogP contribution >= 0.6 is 0 Å². The standard InChI is InChI=1S/C18H23FN2O2.C2H6/c1-20-10-18(11-20)7-14(8-18)21-4-3-15-13(9-21)5-12(6-16(15)19)17(22)23-2;1-2/h5-6,14H,3-4,7-11H2,1-2H3;1-2H3. The lowest BCUT2D eigenvalue weighted by Gasteiger charge is -2.61. The number of halogens is 1.